The maximum Gasteiger partial charge on any atom is 0.309 e. The molecule has 0 aliphatic carbocycles. The van der Waals surface area contributed by atoms with E-state index < -0.39 is 5.56 Å². The number of aromatic nitrogens is 3. The first-order valence-corrected chi connectivity index (χ1v) is 10.0. The van der Waals surface area contributed by atoms with Crippen molar-refractivity contribution in [2.75, 3.05) is 27.3 Å². The van der Waals surface area contributed by atoms with Crippen molar-refractivity contribution in [3.63, 3.8) is 0 Å². The molecule has 7 nitrogen and oxygen atoms in total. The maximum absolute atomic E-state index is 13.3. The summed E-state index contributed by atoms with van der Waals surface area (Å²) in [4.78, 5) is 19.1. The first-order valence-electron chi connectivity index (χ1n) is 10.0. The number of hydrogen-bond acceptors (Lipinski definition) is 5. The van der Waals surface area contributed by atoms with Gasteiger partial charge in [0.15, 0.2) is 0 Å². The van der Waals surface area contributed by atoms with Crippen molar-refractivity contribution in [3.8, 4) is 0 Å². The zero-order valence-corrected chi connectivity index (χ0v) is 17.8. The quantitative estimate of drug-likeness (QED) is 0.462. The monoisotopic (exact) mass is 424 g/mol. The second-order valence-electron chi connectivity index (χ2n) is 7.82. The van der Waals surface area contributed by atoms with Gasteiger partial charge in [0.25, 0.3) is 0 Å². The molecule has 1 aromatic carbocycles. The normalized spacial score (nSPS) is 11.8. The van der Waals surface area contributed by atoms with Crippen LogP contribution in [-0.4, -0.2) is 51.7 Å². The van der Waals surface area contributed by atoms with Gasteiger partial charge in [-0.25, -0.2) is 9.37 Å². The largest absolute Gasteiger partial charge is 0.425 e. The van der Waals surface area contributed by atoms with Crippen LogP contribution in [0.15, 0.2) is 47.5 Å². The molecule has 4 aromatic rings. The molecule has 0 aliphatic rings. The molecule has 4 rings (SSSR count). The Morgan fingerprint density at radius 2 is 2.00 bits per heavy atom. The molecular formula is C23H25FN4O3. The number of ether oxygens (including phenoxy) is 1. The van der Waals surface area contributed by atoms with Gasteiger partial charge in [0.2, 0.25) is 0 Å². The Bertz CT molecular complexity index is 1290. The fraction of sp³-hybridized carbons (Fsp3) is 0.304. The molecule has 0 saturated heterocycles. The zero-order chi connectivity index (χ0) is 22.1. The minimum absolute atomic E-state index is 0.223. The Kier molecular flexibility index (Phi) is 5.75. The van der Waals surface area contributed by atoms with Gasteiger partial charge in [0.05, 0.1) is 24.0 Å². The molecule has 8 heteroatoms. The number of fused-ring (bicyclic) bond motifs is 3. The molecule has 0 saturated carbocycles. The summed E-state index contributed by atoms with van der Waals surface area (Å²) in [5.74, 6) is -0.273. The number of halogens is 1. The summed E-state index contributed by atoms with van der Waals surface area (Å²) >= 11 is 0. The second-order valence-corrected chi connectivity index (χ2v) is 7.82. The Morgan fingerprint density at radius 1 is 1.26 bits per heavy atom. The van der Waals surface area contributed by atoms with Crippen LogP contribution in [-0.2, 0) is 17.8 Å². The molecular weight excluding hydrogens is 399 g/mol. The molecule has 0 spiro atoms. The van der Waals surface area contributed by atoms with E-state index in [0.717, 1.165) is 28.6 Å². The molecule has 0 bridgehead atoms. The van der Waals surface area contributed by atoms with Gasteiger partial charge in [-0.1, -0.05) is 12.1 Å². The van der Waals surface area contributed by atoms with Crippen LogP contribution in [0.1, 0.15) is 16.8 Å². The van der Waals surface area contributed by atoms with E-state index in [1.807, 2.05) is 7.05 Å². The van der Waals surface area contributed by atoms with Crippen LogP contribution >= 0.6 is 0 Å². The summed E-state index contributed by atoms with van der Waals surface area (Å²) in [7, 11) is 3.68. The van der Waals surface area contributed by atoms with Gasteiger partial charge in [-0.05, 0) is 43.3 Å². The van der Waals surface area contributed by atoms with E-state index in [4.69, 9.17) is 4.74 Å². The SMILES string of the molecule is COCCN(C)Cc1cn(Cc2ccc(F)cc2)c2cnc3c(=O)n(O)c(C)cc3c12. The number of likely N-dealkylation sites (N-methyl/N-ethyl adjacent to an activating group) is 1. The van der Waals surface area contributed by atoms with Crippen LogP contribution in [0, 0.1) is 12.7 Å². The predicted molar refractivity (Wildman–Crippen MR) is 117 cm³/mol. The van der Waals surface area contributed by atoms with Crippen molar-refractivity contribution >= 4 is 21.8 Å². The molecule has 3 heterocycles. The molecule has 3 aromatic heterocycles. The fourth-order valence-corrected chi connectivity index (χ4v) is 3.89. The lowest BCUT2D eigenvalue weighted by atomic mass is 10.1. The fourth-order valence-electron chi connectivity index (χ4n) is 3.89. The van der Waals surface area contributed by atoms with Gasteiger partial charge in [0.1, 0.15) is 11.3 Å². The van der Waals surface area contributed by atoms with E-state index >= 15 is 0 Å². The van der Waals surface area contributed by atoms with Gasteiger partial charge in [-0.15, -0.1) is 0 Å². The summed E-state index contributed by atoms with van der Waals surface area (Å²) in [6.45, 7) is 4.24. The van der Waals surface area contributed by atoms with Crippen molar-refractivity contribution in [2.45, 2.75) is 20.0 Å². The van der Waals surface area contributed by atoms with Gasteiger partial charge in [0, 0.05) is 43.7 Å². The van der Waals surface area contributed by atoms with E-state index in [-0.39, 0.29) is 11.3 Å². The summed E-state index contributed by atoms with van der Waals surface area (Å²) in [6, 6.07) is 8.19. The van der Waals surface area contributed by atoms with Gasteiger partial charge in [-0.2, -0.15) is 4.73 Å². The van der Waals surface area contributed by atoms with E-state index in [9.17, 15) is 14.4 Å². The van der Waals surface area contributed by atoms with E-state index in [0.29, 0.717) is 35.5 Å². The van der Waals surface area contributed by atoms with Crippen molar-refractivity contribution in [3.05, 3.63) is 75.7 Å². The van der Waals surface area contributed by atoms with Crippen LogP contribution in [0.2, 0.25) is 0 Å². The van der Waals surface area contributed by atoms with Crippen molar-refractivity contribution in [1.29, 1.82) is 0 Å². The minimum Gasteiger partial charge on any atom is -0.425 e. The molecule has 0 atom stereocenters. The first kappa shape index (κ1) is 21.0. The molecule has 31 heavy (non-hydrogen) atoms. The van der Waals surface area contributed by atoms with Gasteiger partial charge >= 0.3 is 5.56 Å². The van der Waals surface area contributed by atoms with Crippen molar-refractivity contribution in [1.82, 2.24) is 19.2 Å². The third-order valence-corrected chi connectivity index (χ3v) is 5.50. The third kappa shape index (κ3) is 4.04. The average Bonchev–Trinajstić information content (AvgIpc) is 3.09. The molecule has 162 valence electrons. The highest BCUT2D eigenvalue weighted by atomic mass is 19.1. The highest BCUT2D eigenvalue weighted by molar-refractivity contribution is 6.06. The van der Waals surface area contributed by atoms with Crippen molar-refractivity contribution < 1.29 is 14.3 Å². The molecule has 1 N–H and O–H groups in total. The summed E-state index contributed by atoms with van der Waals surface area (Å²) < 4.78 is 21.2. The lowest BCUT2D eigenvalue weighted by Crippen LogP contribution is -2.22. The number of aryl methyl sites for hydroxylation is 1. The number of methoxy groups -OCH3 is 1. The number of hydrogen-bond donors (Lipinski definition) is 1. The molecule has 0 amide bonds. The van der Waals surface area contributed by atoms with Crippen LogP contribution in [0.4, 0.5) is 4.39 Å². The molecule has 0 radical (unpaired) electrons. The number of benzene rings is 1. The predicted octanol–water partition coefficient (Wildman–Crippen LogP) is 3.16. The number of rotatable bonds is 7. The second kappa shape index (κ2) is 8.49. The molecule has 0 aliphatic heterocycles. The van der Waals surface area contributed by atoms with E-state index in [1.165, 1.54) is 12.1 Å². The Labute approximate surface area is 178 Å². The van der Waals surface area contributed by atoms with Crippen molar-refractivity contribution in [2.24, 2.45) is 0 Å². The molecule has 0 unspecified atom stereocenters. The molecule has 0 fully saturated rings. The van der Waals surface area contributed by atoms with E-state index in [1.54, 1.807) is 38.4 Å². The summed E-state index contributed by atoms with van der Waals surface area (Å²) in [5, 5.41) is 11.7. The van der Waals surface area contributed by atoms with Gasteiger partial charge in [-0.3, -0.25) is 9.69 Å². The topological polar surface area (TPSA) is 72.5 Å². The number of pyridine rings is 2. The first-order chi connectivity index (χ1) is 14.9. The third-order valence-electron chi connectivity index (χ3n) is 5.50. The highest BCUT2D eigenvalue weighted by Gasteiger charge is 2.17. The lowest BCUT2D eigenvalue weighted by Gasteiger charge is -2.15. The lowest BCUT2D eigenvalue weighted by molar-refractivity contribution is 0.159. The smallest absolute Gasteiger partial charge is 0.309 e. The summed E-state index contributed by atoms with van der Waals surface area (Å²) in [6.07, 6.45) is 3.72. The van der Waals surface area contributed by atoms with Crippen LogP contribution < -0.4 is 5.56 Å². The standard InChI is InChI=1S/C23H25FN4O3/c1-15-10-19-21-17(13-26(2)8-9-31-3)14-27(12-16-4-6-18(24)7-5-16)20(21)11-25-22(19)23(29)28(15)30/h4-7,10-11,14,30H,8-9,12-13H2,1-3H3. The minimum atomic E-state index is -0.540. The van der Waals surface area contributed by atoms with Crippen LogP contribution in [0.25, 0.3) is 21.8 Å². The van der Waals surface area contributed by atoms with Crippen LogP contribution in [0.5, 0.6) is 0 Å². The zero-order valence-electron chi connectivity index (χ0n) is 17.8. The van der Waals surface area contributed by atoms with Crippen LogP contribution in [0.3, 0.4) is 0 Å². The number of nitrogens with zero attached hydrogens (tertiary/aromatic N) is 4. The average molecular weight is 424 g/mol. The Morgan fingerprint density at radius 3 is 2.71 bits per heavy atom. The Balaban J connectivity index is 1.89. The van der Waals surface area contributed by atoms with E-state index in [2.05, 4.69) is 20.6 Å². The summed E-state index contributed by atoms with van der Waals surface area (Å²) in [5.41, 5.74) is 3.00. The van der Waals surface area contributed by atoms with Gasteiger partial charge < -0.3 is 14.5 Å². The highest BCUT2D eigenvalue weighted by Crippen LogP contribution is 2.29. The Hall–Kier alpha value is -3.23. The maximum atomic E-state index is 13.3.